The quantitative estimate of drug-likeness (QED) is 0.556. The molecule has 1 aromatic carbocycles. The van der Waals surface area contributed by atoms with E-state index in [1.54, 1.807) is 0 Å². The molecule has 0 fully saturated rings. The largest absolute Gasteiger partial charge is 0.491 e. The molecule has 1 rings (SSSR count). The van der Waals surface area contributed by atoms with E-state index in [-0.39, 0.29) is 0 Å². The molecule has 0 aliphatic rings. The topological polar surface area (TPSA) is 77.8 Å². The smallest absolute Gasteiger partial charge is 0.477 e. The van der Waals surface area contributed by atoms with Crippen molar-refractivity contribution in [3.8, 4) is 0 Å². The number of carboxylic acid groups (broad SMARTS) is 1. The third-order valence-corrected chi connectivity index (χ3v) is 1.61. The highest BCUT2D eigenvalue weighted by molar-refractivity contribution is 6.58. The Morgan fingerprint density at radius 1 is 1.29 bits per heavy atom. The summed E-state index contributed by atoms with van der Waals surface area (Å²) >= 11 is 0. The lowest BCUT2D eigenvalue weighted by atomic mass is 9.79. The Bertz CT molecular complexity index is 380. The number of rotatable bonds is 2. The van der Waals surface area contributed by atoms with Crippen molar-refractivity contribution in [2.75, 3.05) is 0 Å². The Kier molecular flexibility index (Phi) is 2.83. The Labute approximate surface area is 77.6 Å². The van der Waals surface area contributed by atoms with Gasteiger partial charge in [-0.15, -0.1) is 0 Å². The second kappa shape index (κ2) is 3.73. The van der Waals surface area contributed by atoms with E-state index < -0.39 is 35.7 Å². The fourth-order valence-electron chi connectivity index (χ4n) is 0.964. The SMILES string of the molecule is O=C(O)c1c(F)ccc(B(O)O)c1F. The molecule has 0 amide bonds. The number of benzene rings is 1. The van der Waals surface area contributed by atoms with Crippen LogP contribution in [0.4, 0.5) is 8.78 Å². The van der Waals surface area contributed by atoms with Gasteiger partial charge in [-0.2, -0.15) is 0 Å². The van der Waals surface area contributed by atoms with E-state index in [9.17, 15) is 13.6 Å². The molecule has 0 aliphatic heterocycles. The van der Waals surface area contributed by atoms with Gasteiger partial charge in [0.25, 0.3) is 0 Å². The molecule has 74 valence electrons. The number of halogens is 2. The molecule has 0 unspecified atom stereocenters. The summed E-state index contributed by atoms with van der Waals surface area (Å²) in [6, 6.07) is 1.42. The average Bonchev–Trinajstić information content (AvgIpc) is 2.02. The summed E-state index contributed by atoms with van der Waals surface area (Å²) < 4.78 is 25.9. The standard InChI is InChI=1S/C7H5BF2O4/c9-4-2-1-3(8(13)14)6(10)5(4)7(11)12/h1-2,13-14H,(H,11,12). The van der Waals surface area contributed by atoms with Crippen LogP contribution in [0.1, 0.15) is 10.4 Å². The summed E-state index contributed by atoms with van der Waals surface area (Å²) in [5.74, 6) is -4.55. The lowest BCUT2D eigenvalue weighted by molar-refractivity contribution is 0.0686. The number of carboxylic acids is 1. The van der Waals surface area contributed by atoms with Crippen molar-refractivity contribution in [3.63, 3.8) is 0 Å². The van der Waals surface area contributed by atoms with Crippen LogP contribution in [-0.4, -0.2) is 28.2 Å². The summed E-state index contributed by atoms with van der Waals surface area (Å²) in [7, 11) is -2.17. The fourth-order valence-corrected chi connectivity index (χ4v) is 0.964. The fraction of sp³-hybridized carbons (Fsp3) is 0. The molecular weight excluding hydrogens is 197 g/mol. The second-order valence-corrected chi connectivity index (χ2v) is 2.50. The highest BCUT2D eigenvalue weighted by Crippen LogP contribution is 2.10. The van der Waals surface area contributed by atoms with Gasteiger partial charge in [-0.3, -0.25) is 0 Å². The maximum atomic E-state index is 13.1. The van der Waals surface area contributed by atoms with Gasteiger partial charge in [-0.05, 0) is 6.07 Å². The first-order chi connectivity index (χ1) is 6.45. The van der Waals surface area contributed by atoms with E-state index in [4.69, 9.17) is 15.2 Å². The Morgan fingerprint density at radius 2 is 1.86 bits per heavy atom. The molecule has 3 N–H and O–H groups in total. The van der Waals surface area contributed by atoms with E-state index in [0.717, 1.165) is 6.07 Å². The van der Waals surface area contributed by atoms with E-state index in [1.165, 1.54) is 0 Å². The second-order valence-electron chi connectivity index (χ2n) is 2.50. The zero-order valence-corrected chi connectivity index (χ0v) is 6.74. The van der Waals surface area contributed by atoms with Gasteiger partial charge in [0, 0.05) is 5.46 Å². The van der Waals surface area contributed by atoms with E-state index in [1.807, 2.05) is 0 Å². The van der Waals surface area contributed by atoms with Crippen molar-refractivity contribution in [2.24, 2.45) is 0 Å². The molecule has 0 atom stereocenters. The lowest BCUT2D eigenvalue weighted by Crippen LogP contribution is -2.34. The van der Waals surface area contributed by atoms with E-state index in [2.05, 4.69) is 0 Å². The minimum atomic E-state index is -2.17. The maximum absolute atomic E-state index is 13.1. The number of carbonyl (C=O) groups is 1. The number of hydrogen-bond donors (Lipinski definition) is 3. The first-order valence-corrected chi connectivity index (χ1v) is 3.52. The predicted octanol–water partition coefficient (Wildman–Crippen LogP) is -0.657. The van der Waals surface area contributed by atoms with Gasteiger partial charge in [-0.25, -0.2) is 13.6 Å². The number of hydrogen-bond acceptors (Lipinski definition) is 3. The third kappa shape index (κ3) is 1.73. The molecular formula is C7H5BF2O4. The van der Waals surface area contributed by atoms with E-state index in [0.29, 0.717) is 6.07 Å². The summed E-state index contributed by atoms with van der Waals surface area (Å²) in [5.41, 5.74) is -1.88. The van der Waals surface area contributed by atoms with E-state index >= 15 is 0 Å². The van der Waals surface area contributed by atoms with Crippen molar-refractivity contribution in [1.82, 2.24) is 0 Å². The molecule has 0 aliphatic carbocycles. The van der Waals surface area contributed by atoms with Crippen molar-refractivity contribution < 1.29 is 28.7 Å². The van der Waals surface area contributed by atoms with Crippen LogP contribution in [0.5, 0.6) is 0 Å². The van der Waals surface area contributed by atoms with Crippen LogP contribution in [0, 0.1) is 11.6 Å². The van der Waals surface area contributed by atoms with Crippen LogP contribution in [0.15, 0.2) is 12.1 Å². The average molecular weight is 202 g/mol. The Balaban J connectivity index is 3.41. The Morgan fingerprint density at radius 3 is 2.29 bits per heavy atom. The monoisotopic (exact) mass is 202 g/mol. The normalized spacial score (nSPS) is 10.0. The van der Waals surface area contributed by atoms with Crippen LogP contribution in [0.2, 0.25) is 0 Å². The highest BCUT2D eigenvalue weighted by atomic mass is 19.1. The molecule has 0 bridgehead atoms. The van der Waals surface area contributed by atoms with Gasteiger partial charge in [0.15, 0.2) is 0 Å². The van der Waals surface area contributed by atoms with Gasteiger partial charge in [0.05, 0.1) is 0 Å². The molecule has 0 spiro atoms. The molecule has 7 heteroatoms. The minimum absolute atomic E-state index is 0.654. The van der Waals surface area contributed by atoms with Crippen LogP contribution >= 0.6 is 0 Å². The predicted molar refractivity (Wildman–Crippen MR) is 43.1 cm³/mol. The van der Waals surface area contributed by atoms with Crippen LogP contribution < -0.4 is 5.46 Å². The lowest BCUT2D eigenvalue weighted by Gasteiger charge is -2.04. The summed E-state index contributed by atoms with van der Waals surface area (Å²) in [6.45, 7) is 0. The summed E-state index contributed by atoms with van der Waals surface area (Å²) in [6.07, 6.45) is 0. The summed E-state index contributed by atoms with van der Waals surface area (Å²) in [5, 5.41) is 25.6. The van der Waals surface area contributed by atoms with Gasteiger partial charge >= 0.3 is 13.1 Å². The first kappa shape index (κ1) is 10.6. The van der Waals surface area contributed by atoms with Gasteiger partial charge in [0.2, 0.25) is 0 Å². The van der Waals surface area contributed by atoms with Crippen molar-refractivity contribution in [1.29, 1.82) is 0 Å². The molecule has 0 saturated heterocycles. The van der Waals surface area contributed by atoms with Gasteiger partial charge < -0.3 is 15.2 Å². The molecule has 4 nitrogen and oxygen atoms in total. The van der Waals surface area contributed by atoms with Gasteiger partial charge in [0.1, 0.15) is 17.2 Å². The molecule has 0 radical (unpaired) electrons. The molecule has 1 aromatic rings. The van der Waals surface area contributed by atoms with Crippen molar-refractivity contribution in [3.05, 3.63) is 29.3 Å². The molecule has 0 saturated carbocycles. The zero-order valence-electron chi connectivity index (χ0n) is 6.74. The first-order valence-electron chi connectivity index (χ1n) is 3.52. The minimum Gasteiger partial charge on any atom is -0.477 e. The maximum Gasteiger partial charge on any atom is 0.491 e. The van der Waals surface area contributed by atoms with Crippen LogP contribution in [-0.2, 0) is 0 Å². The zero-order chi connectivity index (χ0) is 10.9. The molecule has 0 heterocycles. The highest BCUT2D eigenvalue weighted by Gasteiger charge is 2.24. The van der Waals surface area contributed by atoms with Crippen molar-refractivity contribution in [2.45, 2.75) is 0 Å². The molecule has 0 aromatic heterocycles. The van der Waals surface area contributed by atoms with Crippen molar-refractivity contribution >= 4 is 18.6 Å². The van der Waals surface area contributed by atoms with Gasteiger partial charge in [-0.1, -0.05) is 6.07 Å². The summed E-state index contributed by atoms with van der Waals surface area (Å²) in [4.78, 5) is 10.4. The molecule has 14 heavy (non-hydrogen) atoms. The van der Waals surface area contributed by atoms with Crippen LogP contribution in [0.25, 0.3) is 0 Å². The third-order valence-electron chi connectivity index (χ3n) is 1.61. The number of aromatic carboxylic acids is 1. The van der Waals surface area contributed by atoms with Crippen LogP contribution in [0.3, 0.4) is 0 Å². The Hall–Kier alpha value is -1.47.